The number of carbonyl (C=O) groups excluding carboxylic acids is 2. The van der Waals surface area contributed by atoms with E-state index < -0.39 is 23.8 Å². The first kappa shape index (κ1) is 26.3. The molecule has 1 aliphatic rings. The fraction of sp³-hybridized carbons (Fsp3) is 0.208. The number of hydrogen-bond donors (Lipinski definition) is 2. The highest BCUT2D eigenvalue weighted by Crippen LogP contribution is 2.32. The van der Waals surface area contributed by atoms with Gasteiger partial charge in [0.2, 0.25) is 11.8 Å². The van der Waals surface area contributed by atoms with E-state index in [-0.39, 0.29) is 17.5 Å². The SMILES string of the molecule is C=C(OC(=O)C(F)(F)F)C(=O)Nc1ccc(Oc2nc(Nc3cnn(C)c3)ncc2C2=CCOCC2)cc1. The van der Waals surface area contributed by atoms with Crippen molar-refractivity contribution in [1.29, 1.82) is 0 Å². The van der Waals surface area contributed by atoms with Gasteiger partial charge in [-0.2, -0.15) is 23.3 Å². The van der Waals surface area contributed by atoms with E-state index in [1.54, 1.807) is 30.3 Å². The van der Waals surface area contributed by atoms with Gasteiger partial charge in [0.15, 0.2) is 5.76 Å². The summed E-state index contributed by atoms with van der Waals surface area (Å²) >= 11 is 0. The maximum absolute atomic E-state index is 12.3. The number of aromatic nitrogens is 4. The number of benzene rings is 1. The van der Waals surface area contributed by atoms with Crippen LogP contribution in [0, 0.1) is 0 Å². The van der Waals surface area contributed by atoms with Crippen molar-refractivity contribution in [2.24, 2.45) is 7.05 Å². The lowest BCUT2D eigenvalue weighted by Crippen LogP contribution is -2.28. The van der Waals surface area contributed by atoms with E-state index in [1.165, 1.54) is 24.3 Å². The summed E-state index contributed by atoms with van der Waals surface area (Å²) < 4.78 is 53.9. The third-order valence-electron chi connectivity index (χ3n) is 5.05. The second-order valence-corrected chi connectivity index (χ2v) is 7.89. The zero-order valence-corrected chi connectivity index (χ0v) is 19.9. The number of nitrogens with zero attached hydrogens (tertiary/aromatic N) is 4. The molecule has 0 radical (unpaired) electrons. The highest BCUT2D eigenvalue weighted by molar-refractivity contribution is 6.03. The average Bonchev–Trinajstić information content (AvgIpc) is 3.29. The van der Waals surface area contributed by atoms with Gasteiger partial charge in [0, 0.05) is 25.1 Å². The highest BCUT2D eigenvalue weighted by Gasteiger charge is 2.42. The van der Waals surface area contributed by atoms with Crippen molar-refractivity contribution in [2.75, 3.05) is 23.8 Å². The lowest BCUT2D eigenvalue weighted by Gasteiger charge is -2.17. The summed E-state index contributed by atoms with van der Waals surface area (Å²) in [5, 5.41) is 9.43. The standard InChI is InChI=1S/C24H21F3N6O5/c1-14(37-22(35)24(25,26)27)20(34)30-16-3-5-18(6-4-16)38-21-19(15-7-9-36-10-8-15)12-28-23(32-21)31-17-11-29-33(2)13-17/h3-7,11-13H,1,8-10H2,2H3,(H,30,34)(H,28,31,32). The number of nitrogens with one attached hydrogen (secondary N) is 2. The van der Waals surface area contributed by atoms with Crippen LogP contribution in [0.3, 0.4) is 0 Å². The lowest BCUT2D eigenvalue weighted by atomic mass is 10.0. The molecule has 2 aromatic heterocycles. The Morgan fingerprint density at radius 1 is 1.16 bits per heavy atom. The van der Waals surface area contributed by atoms with Crippen LogP contribution in [0.2, 0.25) is 0 Å². The Labute approximate surface area is 213 Å². The second kappa shape index (κ2) is 11.1. The third-order valence-corrected chi connectivity index (χ3v) is 5.05. The molecule has 14 heteroatoms. The van der Waals surface area contributed by atoms with Crippen LogP contribution < -0.4 is 15.4 Å². The number of anilines is 3. The Morgan fingerprint density at radius 2 is 1.92 bits per heavy atom. The van der Waals surface area contributed by atoms with Gasteiger partial charge in [-0.25, -0.2) is 9.78 Å². The molecule has 2 N–H and O–H groups in total. The van der Waals surface area contributed by atoms with Gasteiger partial charge >= 0.3 is 12.1 Å². The van der Waals surface area contributed by atoms with Crippen LogP contribution in [0.25, 0.3) is 5.57 Å². The Bertz CT molecular complexity index is 1380. The molecular formula is C24H21F3N6O5. The quantitative estimate of drug-likeness (QED) is 0.251. The van der Waals surface area contributed by atoms with E-state index in [4.69, 9.17) is 9.47 Å². The first-order chi connectivity index (χ1) is 18.1. The predicted molar refractivity (Wildman–Crippen MR) is 128 cm³/mol. The van der Waals surface area contributed by atoms with Crippen LogP contribution in [-0.2, 0) is 26.1 Å². The molecule has 1 amide bonds. The van der Waals surface area contributed by atoms with Gasteiger partial charge in [0.25, 0.3) is 5.91 Å². The largest absolute Gasteiger partial charge is 0.491 e. The minimum atomic E-state index is -5.25. The fourth-order valence-corrected chi connectivity index (χ4v) is 3.25. The van der Waals surface area contributed by atoms with Crippen LogP contribution in [0.4, 0.5) is 30.5 Å². The minimum Gasteiger partial charge on any atom is -0.438 e. The Balaban J connectivity index is 1.49. The number of esters is 1. The zero-order chi connectivity index (χ0) is 27.3. The van der Waals surface area contributed by atoms with E-state index in [1.807, 2.05) is 6.08 Å². The molecule has 0 fully saturated rings. The molecule has 0 saturated carbocycles. The van der Waals surface area contributed by atoms with E-state index in [9.17, 15) is 22.8 Å². The van der Waals surface area contributed by atoms with Gasteiger partial charge in [-0.15, -0.1) is 0 Å². The van der Waals surface area contributed by atoms with Crippen molar-refractivity contribution in [1.82, 2.24) is 19.7 Å². The first-order valence-corrected chi connectivity index (χ1v) is 11.1. The average molecular weight is 530 g/mol. The number of amides is 1. The molecule has 3 aromatic rings. The Kier molecular flexibility index (Phi) is 7.71. The van der Waals surface area contributed by atoms with Crippen LogP contribution in [0.1, 0.15) is 12.0 Å². The summed E-state index contributed by atoms with van der Waals surface area (Å²) in [4.78, 5) is 31.8. The zero-order valence-electron chi connectivity index (χ0n) is 19.9. The topological polar surface area (TPSA) is 129 Å². The summed E-state index contributed by atoms with van der Waals surface area (Å²) in [5.41, 5.74) is 2.50. The van der Waals surface area contributed by atoms with Crippen molar-refractivity contribution in [2.45, 2.75) is 12.6 Å². The van der Waals surface area contributed by atoms with Crippen molar-refractivity contribution in [3.63, 3.8) is 0 Å². The van der Waals surface area contributed by atoms with Crippen molar-refractivity contribution < 1.29 is 37.0 Å². The van der Waals surface area contributed by atoms with Crippen molar-refractivity contribution in [3.05, 3.63) is 66.8 Å². The van der Waals surface area contributed by atoms with Crippen LogP contribution >= 0.6 is 0 Å². The Hall–Kier alpha value is -4.72. The lowest BCUT2D eigenvalue weighted by molar-refractivity contribution is -0.195. The summed E-state index contributed by atoms with van der Waals surface area (Å²) in [5.74, 6) is -3.77. The maximum atomic E-state index is 12.3. The summed E-state index contributed by atoms with van der Waals surface area (Å²) in [6.07, 6.45) is 2.31. The highest BCUT2D eigenvalue weighted by atomic mass is 19.4. The molecule has 38 heavy (non-hydrogen) atoms. The number of alkyl halides is 3. The summed E-state index contributed by atoms with van der Waals surface area (Å²) in [6, 6.07) is 5.90. The van der Waals surface area contributed by atoms with Crippen molar-refractivity contribution >= 4 is 34.8 Å². The van der Waals surface area contributed by atoms with Crippen LogP contribution in [0.5, 0.6) is 11.6 Å². The fourth-order valence-electron chi connectivity index (χ4n) is 3.25. The molecule has 1 aliphatic heterocycles. The van der Waals surface area contributed by atoms with Crippen LogP contribution in [0.15, 0.2) is 61.3 Å². The monoisotopic (exact) mass is 530 g/mol. The van der Waals surface area contributed by atoms with E-state index in [0.29, 0.717) is 36.6 Å². The molecule has 198 valence electrons. The molecule has 0 spiro atoms. The molecule has 4 rings (SSSR count). The molecule has 11 nitrogen and oxygen atoms in total. The van der Waals surface area contributed by atoms with Gasteiger partial charge in [0.1, 0.15) is 5.75 Å². The van der Waals surface area contributed by atoms with Crippen molar-refractivity contribution in [3.8, 4) is 11.6 Å². The molecule has 0 bridgehead atoms. The third kappa shape index (κ3) is 6.73. The van der Waals surface area contributed by atoms with Gasteiger partial charge < -0.3 is 24.8 Å². The minimum absolute atomic E-state index is 0.195. The summed E-state index contributed by atoms with van der Waals surface area (Å²) in [6.45, 7) is 4.04. The van der Waals surface area contributed by atoms with Gasteiger partial charge in [-0.3, -0.25) is 9.48 Å². The number of carbonyl (C=O) groups is 2. The van der Waals surface area contributed by atoms with E-state index in [0.717, 1.165) is 5.57 Å². The molecule has 1 aromatic carbocycles. The molecule has 0 unspecified atom stereocenters. The number of aryl methyl sites for hydroxylation is 1. The van der Waals surface area contributed by atoms with Gasteiger partial charge in [0.05, 0.1) is 30.7 Å². The van der Waals surface area contributed by atoms with E-state index >= 15 is 0 Å². The molecule has 0 aliphatic carbocycles. The molecule has 0 saturated heterocycles. The number of rotatable bonds is 8. The number of hydrogen-bond acceptors (Lipinski definition) is 9. The second-order valence-electron chi connectivity index (χ2n) is 7.89. The molecule has 0 atom stereocenters. The number of ether oxygens (including phenoxy) is 3. The summed E-state index contributed by atoms with van der Waals surface area (Å²) in [7, 11) is 1.78. The first-order valence-electron chi connectivity index (χ1n) is 11.1. The Morgan fingerprint density at radius 3 is 2.55 bits per heavy atom. The maximum Gasteiger partial charge on any atom is 0.491 e. The number of halogens is 3. The smallest absolute Gasteiger partial charge is 0.438 e. The normalized spacial score (nSPS) is 13.3. The van der Waals surface area contributed by atoms with Crippen LogP contribution in [-0.4, -0.2) is 51.0 Å². The van der Waals surface area contributed by atoms with Gasteiger partial charge in [-0.1, -0.05) is 12.7 Å². The predicted octanol–water partition coefficient (Wildman–Crippen LogP) is 4.11. The molecular weight excluding hydrogens is 509 g/mol. The molecule has 3 heterocycles. The van der Waals surface area contributed by atoms with E-state index in [2.05, 4.69) is 37.0 Å². The van der Waals surface area contributed by atoms with Gasteiger partial charge in [-0.05, 0) is 36.3 Å².